The second-order valence-electron chi connectivity index (χ2n) is 6.11. The molecule has 2 heterocycles. The van der Waals surface area contributed by atoms with Gasteiger partial charge in [0.25, 0.3) is 0 Å². The van der Waals surface area contributed by atoms with E-state index >= 15 is 0 Å². The topological polar surface area (TPSA) is 96.5 Å². The molecule has 1 aromatic heterocycles. The maximum absolute atomic E-state index is 12.4. The SMILES string of the molecule is CSc1ccccc1C(N)[C@H]1CCC(=O)N1CCSc1nc(C(=O)O)cs1. The minimum absolute atomic E-state index is 0.0164. The molecule has 2 atom stereocenters. The van der Waals surface area contributed by atoms with Crippen LogP contribution in [-0.4, -0.2) is 51.5 Å². The predicted molar refractivity (Wildman–Crippen MR) is 110 cm³/mol. The van der Waals surface area contributed by atoms with Gasteiger partial charge < -0.3 is 15.7 Å². The highest BCUT2D eigenvalue weighted by molar-refractivity contribution is 8.01. The Kier molecular flexibility index (Phi) is 6.80. The Labute approximate surface area is 170 Å². The molecule has 1 aliphatic heterocycles. The first-order valence-corrected chi connectivity index (χ1v) is 11.6. The van der Waals surface area contributed by atoms with Crippen LogP contribution in [0.2, 0.25) is 0 Å². The molecular weight excluding hydrogens is 402 g/mol. The van der Waals surface area contributed by atoms with Gasteiger partial charge >= 0.3 is 5.97 Å². The number of carboxylic acids is 1. The third kappa shape index (κ3) is 4.66. The average molecular weight is 424 g/mol. The van der Waals surface area contributed by atoms with Gasteiger partial charge in [-0.15, -0.1) is 23.1 Å². The third-order valence-electron chi connectivity index (χ3n) is 4.55. The number of thiazole rings is 1. The molecule has 6 nitrogen and oxygen atoms in total. The minimum Gasteiger partial charge on any atom is -0.476 e. The zero-order chi connectivity index (χ0) is 19.4. The zero-order valence-electron chi connectivity index (χ0n) is 14.8. The Hall–Kier alpha value is -1.55. The number of hydrogen-bond acceptors (Lipinski definition) is 7. The van der Waals surface area contributed by atoms with Crippen molar-refractivity contribution in [1.29, 1.82) is 0 Å². The lowest BCUT2D eigenvalue weighted by atomic mass is 9.98. The molecule has 1 unspecified atom stereocenters. The van der Waals surface area contributed by atoms with Crippen LogP contribution in [0.5, 0.6) is 0 Å². The summed E-state index contributed by atoms with van der Waals surface area (Å²) in [6.45, 7) is 0.575. The highest BCUT2D eigenvalue weighted by atomic mass is 32.2. The molecule has 1 aromatic carbocycles. The molecule has 27 heavy (non-hydrogen) atoms. The van der Waals surface area contributed by atoms with Gasteiger partial charge in [-0.3, -0.25) is 4.79 Å². The molecule has 2 aromatic rings. The van der Waals surface area contributed by atoms with E-state index in [-0.39, 0.29) is 23.7 Å². The molecule has 3 rings (SSSR count). The first kappa shape index (κ1) is 20.2. The largest absolute Gasteiger partial charge is 0.476 e. The fourth-order valence-electron chi connectivity index (χ4n) is 3.22. The first-order chi connectivity index (χ1) is 13.0. The molecule has 0 aliphatic carbocycles. The Bertz CT molecular complexity index is 827. The molecule has 3 N–H and O–H groups in total. The molecule has 1 aliphatic rings. The van der Waals surface area contributed by atoms with Crippen LogP contribution in [0.3, 0.4) is 0 Å². The van der Waals surface area contributed by atoms with Gasteiger partial charge in [-0.2, -0.15) is 0 Å². The molecule has 9 heteroatoms. The maximum atomic E-state index is 12.4. The number of aromatic nitrogens is 1. The van der Waals surface area contributed by atoms with Crippen LogP contribution in [0.4, 0.5) is 0 Å². The van der Waals surface area contributed by atoms with Gasteiger partial charge in [-0.25, -0.2) is 9.78 Å². The van der Waals surface area contributed by atoms with Gasteiger partial charge in [0.15, 0.2) is 10.0 Å². The lowest BCUT2D eigenvalue weighted by molar-refractivity contribution is -0.128. The van der Waals surface area contributed by atoms with E-state index in [2.05, 4.69) is 11.1 Å². The molecule has 0 bridgehead atoms. The quantitative estimate of drug-likeness (QED) is 0.629. The highest BCUT2D eigenvalue weighted by Crippen LogP contribution is 2.33. The number of carbonyl (C=O) groups is 2. The highest BCUT2D eigenvalue weighted by Gasteiger charge is 2.35. The standard InChI is InChI=1S/C18H21N3O3S3/c1-25-14-5-3-2-4-11(14)16(19)13-6-7-15(22)21(13)8-9-26-18-20-12(10-27-18)17(23)24/h2-5,10,13,16H,6-9,19H2,1H3,(H,23,24)/t13-,16?/m1/s1. The summed E-state index contributed by atoms with van der Waals surface area (Å²) < 4.78 is 0.702. The van der Waals surface area contributed by atoms with Gasteiger partial charge in [0.05, 0.1) is 12.1 Å². The van der Waals surface area contributed by atoms with Crippen molar-refractivity contribution in [3.63, 3.8) is 0 Å². The van der Waals surface area contributed by atoms with Crippen molar-refractivity contribution in [3.05, 3.63) is 40.9 Å². The fraction of sp³-hybridized carbons (Fsp3) is 0.389. The monoisotopic (exact) mass is 423 g/mol. The van der Waals surface area contributed by atoms with Crippen molar-refractivity contribution in [3.8, 4) is 0 Å². The Morgan fingerprint density at radius 3 is 2.96 bits per heavy atom. The van der Waals surface area contributed by atoms with Crippen LogP contribution in [0.25, 0.3) is 0 Å². The van der Waals surface area contributed by atoms with Gasteiger partial charge in [-0.05, 0) is 24.3 Å². The fourth-order valence-corrected chi connectivity index (χ4v) is 5.69. The number of likely N-dealkylation sites (tertiary alicyclic amines) is 1. The number of carboxylic acid groups (broad SMARTS) is 1. The van der Waals surface area contributed by atoms with E-state index in [0.717, 1.165) is 16.9 Å². The van der Waals surface area contributed by atoms with Crippen LogP contribution >= 0.6 is 34.9 Å². The van der Waals surface area contributed by atoms with Crippen molar-refractivity contribution >= 4 is 46.7 Å². The molecule has 0 saturated carbocycles. The van der Waals surface area contributed by atoms with Crippen LogP contribution in [0, 0.1) is 0 Å². The first-order valence-electron chi connectivity index (χ1n) is 8.51. The van der Waals surface area contributed by atoms with Crippen molar-refractivity contribution in [2.45, 2.75) is 34.2 Å². The minimum atomic E-state index is -1.02. The van der Waals surface area contributed by atoms with Crippen LogP contribution in [0.1, 0.15) is 34.9 Å². The summed E-state index contributed by atoms with van der Waals surface area (Å²) in [5.74, 6) is -0.236. The summed E-state index contributed by atoms with van der Waals surface area (Å²) in [4.78, 5) is 30.4. The smallest absolute Gasteiger partial charge is 0.355 e. The number of benzene rings is 1. The van der Waals surface area contributed by atoms with Gasteiger partial charge in [0, 0.05) is 29.0 Å². The Morgan fingerprint density at radius 1 is 1.48 bits per heavy atom. The summed E-state index contributed by atoms with van der Waals surface area (Å²) in [6, 6.07) is 7.83. The molecule has 0 radical (unpaired) electrons. The number of hydrogen-bond donors (Lipinski definition) is 2. The van der Waals surface area contributed by atoms with Gasteiger partial charge in [0.2, 0.25) is 5.91 Å². The number of nitrogens with zero attached hydrogens (tertiary/aromatic N) is 2. The molecule has 1 saturated heterocycles. The van der Waals surface area contributed by atoms with Crippen molar-refractivity contribution in [2.75, 3.05) is 18.6 Å². The lowest BCUT2D eigenvalue weighted by Crippen LogP contribution is -2.41. The van der Waals surface area contributed by atoms with Crippen LogP contribution in [0.15, 0.2) is 38.9 Å². The Morgan fingerprint density at radius 2 is 2.26 bits per heavy atom. The second-order valence-corrected chi connectivity index (χ2v) is 9.16. The van der Waals surface area contributed by atoms with E-state index in [1.165, 1.54) is 28.5 Å². The van der Waals surface area contributed by atoms with E-state index in [4.69, 9.17) is 10.8 Å². The molecular formula is C18H21N3O3S3. The molecule has 144 valence electrons. The van der Waals surface area contributed by atoms with Crippen LogP contribution < -0.4 is 5.73 Å². The number of amides is 1. The van der Waals surface area contributed by atoms with Crippen LogP contribution in [-0.2, 0) is 4.79 Å². The van der Waals surface area contributed by atoms with E-state index < -0.39 is 5.97 Å². The normalized spacial score (nSPS) is 18.1. The van der Waals surface area contributed by atoms with E-state index in [1.807, 2.05) is 29.4 Å². The number of nitrogens with two attached hydrogens (primary N) is 1. The maximum Gasteiger partial charge on any atom is 0.355 e. The van der Waals surface area contributed by atoms with E-state index in [9.17, 15) is 9.59 Å². The lowest BCUT2D eigenvalue weighted by Gasteiger charge is -2.30. The van der Waals surface area contributed by atoms with Crippen molar-refractivity contribution in [1.82, 2.24) is 9.88 Å². The predicted octanol–water partition coefficient (Wildman–Crippen LogP) is 3.35. The summed E-state index contributed by atoms with van der Waals surface area (Å²) in [6.07, 6.45) is 3.30. The van der Waals surface area contributed by atoms with Gasteiger partial charge in [0.1, 0.15) is 0 Å². The summed E-state index contributed by atoms with van der Waals surface area (Å²) in [5, 5.41) is 10.5. The summed E-state index contributed by atoms with van der Waals surface area (Å²) in [7, 11) is 0. The second kappa shape index (κ2) is 9.09. The van der Waals surface area contributed by atoms with E-state index in [0.29, 0.717) is 23.1 Å². The van der Waals surface area contributed by atoms with E-state index in [1.54, 1.807) is 11.8 Å². The number of aromatic carboxylic acids is 1. The molecule has 1 fully saturated rings. The summed E-state index contributed by atoms with van der Waals surface area (Å²) in [5.41, 5.74) is 7.70. The van der Waals surface area contributed by atoms with Crippen molar-refractivity contribution < 1.29 is 14.7 Å². The number of thioether (sulfide) groups is 2. The number of carbonyl (C=O) groups excluding carboxylic acids is 1. The third-order valence-corrected chi connectivity index (χ3v) is 7.36. The average Bonchev–Trinajstić information content (AvgIpc) is 3.29. The van der Waals surface area contributed by atoms with Gasteiger partial charge in [-0.1, -0.05) is 30.0 Å². The Balaban J connectivity index is 1.64. The number of rotatable bonds is 8. The molecule has 0 spiro atoms. The molecule has 1 amide bonds. The van der Waals surface area contributed by atoms with Crippen molar-refractivity contribution in [2.24, 2.45) is 5.73 Å². The summed E-state index contributed by atoms with van der Waals surface area (Å²) >= 11 is 4.44. The zero-order valence-corrected chi connectivity index (χ0v) is 17.3.